The Morgan fingerprint density at radius 3 is 1.81 bits per heavy atom. The van der Waals surface area contributed by atoms with Crippen molar-refractivity contribution >= 4 is 21.6 Å². The zero-order chi connectivity index (χ0) is 24.3. The summed E-state index contributed by atoms with van der Waals surface area (Å²) in [6, 6.07) is 41.4. The molecular weight excluding hydrogens is 454 g/mol. The lowest BCUT2D eigenvalue weighted by Crippen LogP contribution is -2.14. The zero-order valence-electron chi connectivity index (χ0n) is 20.3. The maximum absolute atomic E-state index is 5.18. The highest BCUT2D eigenvalue weighted by Gasteiger charge is 2.37. The lowest BCUT2D eigenvalue weighted by Gasteiger charge is -2.21. The maximum atomic E-state index is 5.18. The quantitative estimate of drug-likeness (QED) is 0.246. The summed E-state index contributed by atoms with van der Waals surface area (Å²) in [7, 11) is 0. The average Bonchev–Trinajstić information content (AvgIpc) is 3.46. The number of fused-ring (bicyclic) bond motifs is 5. The second-order valence-corrected chi connectivity index (χ2v) is 11.1. The van der Waals surface area contributed by atoms with Crippen molar-refractivity contribution in [2.45, 2.75) is 19.3 Å². The molecule has 0 bridgehead atoms. The smallest absolute Gasteiger partial charge is 0.124 e. The molecule has 36 heavy (non-hydrogen) atoms. The number of rotatable bonds is 3. The molecule has 0 atom stereocenters. The highest BCUT2D eigenvalue weighted by molar-refractivity contribution is 7.22. The van der Waals surface area contributed by atoms with Gasteiger partial charge in [0.15, 0.2) is 0 Å². The Morgan fingerprint density at radius 1 is 0.556 bits per heavy atom. The van der Waals surface area contributed by atoms with E-state index in [1.165, 1.54) is 54.8 Å². The molecule has 0 fully saturated rings. The van der Waals surface area contributed by atoms with E-state index in [9.17, 15) is 0 Å². The predicted molar refractivity (Wildman–Crippen MR) is 153 cm³/mol. The molecule has 0 saturated carbocycles. The topological polar surface area (TPSA) is 12.9 Å². The molecule has 2 heteroatoms. The van der Waals surface area contributed by atoms with Crippen LogP contribution in [0.4, 0.5) is 0 Å². The second kappa shape index (κ2) is 8.01. The summed E-state index contributed by atoms with van der Waals surface area (Å²) >= 11 is 1.83. The number of nitrogens with zero attached hydrogens (tertiary/aromatic N) is 1. The van der Waals surface area contributed by atoms with Gasteiger partial charge in [-0.1, -0.05) is 105 Å². The number of aromatic nitrogens is 1. The van der Waals surface area contributed by atoms with Crippen LogP contribution in [0, 0.1) is 0 Å². The number of benzene rings is 5. The van der Waals surface area contributed by atoms with Crippen LogP contribution in [0.25, 0.3) is 54.2 Å². The van der Waals surface area contributed by atoms with Gasteiger partial charge in [0.1, 0.15) is 5.01 Å². The van der Waals surface area contributed by atoms with Crippen molar-refractivity contribution in [3.8, 4) is 44.0 Å². The summed E-state index contributed by atoms with van der Waals surface area (Å²) in [4.78, 5) is 5.18. The van der Waals surface area contributed by atoms with E-state index in [0.29, 0.717) is 0 Å². The third-order valence-electron chi connectivity index (χ3n) is 7.47. The van der Waals surface area contributed by atoms with Gasteiger partial charge >= 0.3 is 0 Å². The maximum Gasteiger partial charge on any atom is 0.124 e. The third kappa shape index (κ3) is 3.26. The molecule has 0 spiro atoms. The molecule has 0 aliphatic heterocycles. The van der Waals surface area contributed by atoms with E-state index in [1.54, 1.807) is 0 Å². The molecule has 7 rings (SSSR count). The highest BCUT2D eigenvalue weighted by atomic mass is 32.1. The van der Waals surface area contributed by atoms with E-state index >= 15 is 0 Å². The van der Waals surface area contributed by atoms with Crippen molar-refractivity contribution in [1.82, 2.24) is 4.98 Å². The first-order chi connectivity index (χ1) is 17.6. The fraction of sp³-hybridized carbons (Fsp3) is 0.0882. The molecule has 1 aromatic heterocycles. The SMILES string of the molecule is CC1(C)c2ccccc2-c2ccc3nc(-c4cc(-c5ccccc5)cc(-c5ccccc5)c4)sc3c21. The van der Waals surface area contributed by atoms with Crippen molar-refractivity contribution in [2.75, 3.05) is 0 Å². The van der Waals surface area contributed by atoms with Crippen LogP contribution in [0.2, 0.25) is 0 Å². The van der Waals surface area contributed by atoms with E-state index in [-0.39, 0.29) is 5.41 Å². The van der Waals surface area contributed by atoms with Gasteiger partial charge in [-0.05, 0) is 68.8 Å². The molecule has 6 aromatic rings. The van der Waals surface area contributed by atoms with Crippen LogP contribution >= 0.6 is 11.3 Å². The first-order valence-corrected chi connectivity index (χ1v) is 13.2. The minimum Gasteiger partial charge on any atom is -0.236 e. The molecule has 0 amide bonds. The Balaban J connectivity index is 1.44. The van der Waals surface area contributed by atoms with Crippen LogP contribution in [-0.4, -0.2) is 4.98 Å². The zero-order valence-corrected chi connectivity index (χ0v) is 21.1. The molecule has 0 radical (unpaired) electrons. The number of thiazole rings is 1. The Kier molecular flexibility index (Phi) is 4.74. The van der Waals surface area contributed by atoms with Gasteiger partial charge in [0.2, 0.25) is 0 Å². The van der Waals surface area contributed by atoms with Crippen LogP contribution in [-0.2, 0) is 5.41 Å². The molecule has 1 nitrogen and oxygen atoms in total. The van der Waals surface area contributed by atoms with Gasteiger partial charge < -0.3 is 0 Å². The Morgan fingerprint density at radius 2 is 1.14 bits per heavy atom. The van der Waals surface area contributed by atoms with Gasteiger partial charge in [0.25, 0.3) is 0 Å². The van der Waals surface area contributed by atoms with Gasteiger partial charge in [-0.3, -0.25) is 0 Å². The van der Waals surface area contributed by atoms with Crippen LogP contribution < -0.4 is 0 Å². The lowest BCUT2D eigenvalue weighted by atomic mass is 9.82. The highest BCUT2D eigenvalue weighted by Crippen LogP contribution is 2.52. The van der Waals surface area contributed by atoms with E-state index in [0.717, 1.165) is 10.5 Å². The Hall–Kier alpha value is -4.01. The first-order valence-electron chi connectivity index (χ1n) is 12.4. The number of hydrogen-bond donors (Lipinski definition) is 0. The summed E-state index contributed by atoms with van der Waals surface area (Å²) in [6.45, 7) is 4.69. The monoisotopic (exact) mass is 479 g/mol. The van der Waals surface area contributed by atoms with Gasteiger partial charge in [0, 0.05) is 11.0 Å². The Bertz CT molecular complexity index is 1690. The van der Waals surface area contributed by atoms with E-state index < -0.39 is 0 Å². The Labute approximate surface area is 215 Å². The van der Waals surface area contributed by atoms with Crippen molar-refractivity contribution < 1.29 is 0 Å². The number of hydrogen-bond acceptors (Lipinski definition) is 2. The van der Waals surface area contributed by atoms with Crippen molar-refractivity contribution in [3.63, 3.8) is 0 Å². The standard InChI is InChI=1S/C34H25NS/c1-34(2)29-16-10-9-15-27(29)28-17-18-30-32(31(28)34)36-33(35-30)26-20-24(22-11-5-3-6-12-22)19-25(21-26)23-13-7-4-8-14-23/h3-21H,1-2H3. The summed E-state index contributed by atoms with van der Waals surface area (Å²) in [6.07, 6.45) is 0. The van der Waals surface area contributed by atoms with Crippen LogP contribution in [0.15, 0.2) is 115 Å². The van der Waals surface area contributed by atoms with Crippen molar-refractivity contribution in [3.05, 3.63) is 126 Å². The molecule has 5 aromatic carbocycles. The fourth-order valence-corrected chi connectivity index (χ4v) is 6.96. The summed E-state index contributed by atoms with van der Waals surface area (Å²) < 4.78 is 1.30. The first kappa shape index (κ1) is 21.3. The summed E-state index contributed by atoms with van der Waals surface area (Å²) in [5.41, 5.74) is 12.6. The molecule has 0 saturated heterocycles. The van der Waals surface area contributed by atoms with E-state index in [2.05, 4.69) is 129 Å². The fourth-order valence-electron chi connectivity index (χ4n) is 5.70. The van der Waals surface area contributed by atoms with Crippen molar-refractivity contribution in [2.24, 2.45) is 0 Å². The molecule has 0 N–H and O–H groups in total. The molecule has 1 aliphatic rings. The molecule has 1 aliphatic carbocycles. The second-order valence-electron chi connectivity index (χ2n) is 10.1. The van der Waals surface area contributed by atoms with Crippen LogP contribution in [0.3, 0.4) is 0 Å². The minimum absolute atomic E-state index is 0.0453. The summed E-state index contributed by atoms with van der Waals surface area (Å²) in [5.74, 6) is 0. The van der Waals surface area contributed by atoms with Gasteiger partial charge in [-0.25, -0.2) is 4.98 Å². The molecule has 172 valence electrons. The predicted octanol–water partition coefficient (Wildman–Crippen LogP) is 9.60. The average molecular weight is 480 g/mol. The summed E-state index contributed by atoms with van der Waals surface area (Å²) in [5, 5.41) is 1.07. The largest absolute Gasteiger partial charge is 0.236 e. The van der Waals surface area contributed by atoms with Gasteiger partial charge in [-0.2, -0.15) is 0 Å². The molecule has 1 heterocycles. The van der Waals surface area contributed by atoms with Gasteiger partial charge in [-0.15, -0.1) is 11.3 Å². The molecule has 0 unspecified atom stereocenters. The lowest BCUT2D eigenvalue weighted by molar-refractivity contribution is 0.667. The van der Waals surface area contributed by atoms with E-state index in [1.807, 2.05) is 11.3 Å². The molecular formula is C34H25NS. The van der Waals surface area contributed by atoms with Crippen LogP contribution in [0.5, 0.6) is 0 Å². The third-order valence-corrected chi connectivity index (χ3v) is 8.61. The van der Waals surface area contributed by atoms with Crippen molar-refractivity contribution in [1.29, 1.82) is 0 Å². The normalized spacial score (nSPS) is 13.5. The van der Waals surface area contributed by atoms with Crippen LogP contribution in [0.1, 0.15) is 25.0 Å². The minimum atomic E-state index is -0.0453. The van der Waals surface area contributed by atoms with Gasteiger partial charge in [0.05, 0.1) is 10.2 Å². The van der Waals surface area contributed by atoms with E-state index in [4.69, 9.17) is 4.98 Å².